The van der Waals surface area contributed by atoms with Crippen molar-refractivity contribution in [3.05, 3.63) is 35.4 Å². The van der Waals surface area contributed by atoms with Gasteiger partial charge in [-0.2, -0.15) is 11.8 Å². The molecule has 1 heterocycles. The predicted octanol–water partition coefficient (Wildman–Crippen LogP) is 2.64. The molecule has 0 saturated heterocycles. The third-order valence-corrected chi connectivity index (χ3v) is 4.21. The summed E-state index contributed by atoms with van der Waals surface area (Å²) in [5.74, 6) is 2.43. The lowest BCUT2D eigenvalue weighted by molar-refractivity contribution is 0.193. The van der Waals surface area contributed by atoms with Crippen LogP contribution in [0.5, 0.6) is 0 Å². The van der Waals surface area contributed by atoms with E-state index in [0.717, 1.165) is 19.6 Å². The zero-order chi connectivity index (χ0) is 11.9. The van der Waals surface area contributed by atoms with Gasteiger partial charge in [0, 0.05) is 25.5 Å². The molecule has 0 unspecified atom stereocenters. The maximum absolute atomic E-state index is 5.08. The lowest BCUT2D eigenvalue weighted by Crippen LogP contribution is -2.25. The monoisotopic (exact) mass is 251 g/mol. The molecule has 0 spiro atoms. The molecular formula is C14H21NOS. The number of nitrogens with one attached hydrogen (secondary N) is 1. The van der Waals surface area contributed by atoms with E-state index in [1.54, 1.807) is 7.11 Å². The summed E-state index contributed by atoms with van der Waals surface area (Å²) < 4.78 is 5.08. The van der Waals surface area contributed by atoms with Gasteiger partial charge in [-0.1, -0.05) is 24.3 Å². The van der Waals surface area contributed by atoms with Crippen molar-refractivity contribution in [2.45, 2.75) is 18.9 Å². The molecule has 0 fully saturated rings. The van der Waals surface area contributed by atoms with Gasteiger partial charge >= 0.3 is 0 Å². The third kappa shape index (κ3) is 3.73. The second kappa shape index (κ2) is 7.04. The molecule has 1 N–H and O–H groups in total. The quantitative estimate of drug-likeness (QED) is 0.813. The van der Waals surface area contributed by atoms with Gasteiger partial charge < -0.3 is 10.1 Å². The van der Waals surface area contributed by atoms with Crippen molar-refractivity contribution in [3.8, 4) is 0 Å². The normalized spacial score (nSPS) is 19.7. The van der Waals surface area contributed by atoms with Crippen molar-refractivity contribution in [3.63, 3.8) is 0 Å². The molecule has 0 amide bonds. The minimum atomic E-state index is 0.510. The number of rotatable bonds is 5. The Balaban J connectivity index is 1.97. The first-order valence-corrected chi connectivity index (χ1v) is 7.45. The molecule has 1 atom stereocenters. The summed E-state index contributed by atoms with van der Waals surface area (Å²) in [6.45, 7) is 1.88. The number of thioether (sulfide) groups is 1. The average Bonchev–Trinajstić information content (AvgIpc) is 2.57. The smallest absolute Gasteiger partial charge is 0.0474 e. The van der Waals surface area contributed by atoms with Crippen LogP contribution >= 0.6 is 11.8 Å². The molecule has 2 rings (SSSR count). The standard InChI is InChI=1S/C14H21NOS/c1-16-9-4-8-15-14-11-17-10-7-12-5-2-3-6-13(12)14/h2-3,5-6,14-15H,4,7-11H2,1H3/t14-/m1/s1. The summed E-state index contributed by atoms with van der Waals surface area (Å²) in [4.78, 5) is 0. The first-order valence-electron chi connectivity index (χ1n) is 6.29. The fraction of sp³-hybridized carbons (Fsp3) is 0.571. The highest BCUT2D eigenvalue weighted by atomic mass is 32.2. The van der Waals surface area contributed by atoms with E-state index >= 15 is 0 Å². The Labute approximate surface area is 108 Å². The van der Waals surface area contributed by atoms with Gasteiger partial charge in [0.15, 0.2) is 0 Å². The Morgan fingerprint density at radius 2 is 2.29 bits per heavy atom. The molecule has 94 valence electrons. The summed E-state index contributed by atoms with van der Waals surface area (Å²) in [7, 11) is 1.76. The number of ether oxygens (including phenoxy) is 1. The lowest BCUT2D eigenvalue weighted by Gasteiger charge is -2.18. The molecule has 17 heavy (non-hydrogen) atoms. The van der Waals surface area contributed by atoms with Gasteiger partial charge in [0.2, 0.25) is 0 Å². The van der Waals surface area contributed by atoms with Gasteiger partial charge in [-0.05, 0) is 36.3 Å². The Hall–Kier alpha value is -0.510. The summed E-state index contributed by atoms with van der Waals surface area (Å²) >= 11 is 2.05. The molecular weight excluding hydrogens is 230 g/mol. The molecule has 0 bridgehead atoms. The van der Waals surface area contributed by atoms with Crippen LogP contribution in [-0.4, -0.2) is 31.8 Å². The number of benzene rings is 1. The second-order valence-corrected chi connectivity index (χ2v) is 5.53. The molecule has 1 aliphatic rings. The van der Waals surface area contributed by atoms with Crippen LogP contribution in [0.2, 0.25) is 0 Å². The van der Waals surface area contributed by atoms with Crippen LogP contribution in [0.3, 0.4) is 0 Å². The molecule has 0 radical (unpaired) electrons. The lowest BCUT2D eigenvalue weighted by atomic mass is 10.00. The van der Waals surface area contributed by atoms with E-state index in [1.807, 2.05) is 0 Å². The van der Waals surface area contributed by atoms with Crippen LogP contribution in [0.15, 0.2) is 24.3 Å². The minimum Gasteiger partial charge on any atom is -0.385 e. The second-order valence-electron chi connectivity index (χ2n) is 4.38. The maximum atomic E-state index is 5.08. The van der Waals surface area contributed by atoms with Gasteiger partial charge in [-0.15, -0.1) is 0 Å². The molecule has 0 aromatic heterocycles. The van der Waals surface area contributed by atoms with E-state index in [9.17, 15) is 0 Å². The van der Waals surface area contributed by atoms with Crippen molar-refractivity contribution < 1.29 is 4.74 Å². The average molecular weight is 251 g/mol. The van der Waals surface area contributed by atoms with E-state index in [2.05, 4.69) is 41.3 Å². The zero-order valence-corrected chi connectivity index (χ0v) is 11.3. The van der Waals surface area contributed by atoms with E-state index in [4.69, 9.17) is 4.74 Å². The van der Waals surface area contributed by atoms with Gasteiger partial charge in [0.1, 0.15) is 0 Å². The van der Waals surface area contributed by atoms with Crippen molar-refractivity contribution in [1.29, 1.82) is 0 Å². The van der Waals surface area contributed by atoms with Gasteiger partial charge in [0.05, 0.1) is 0 Å². The summed E-state index contributed by atoms with van der Waals surface area (Å²) in [5, 5.41) is 3.65. The predicted molar refractivity (Wildman–Crippen MR) is 74.7 cm³/mol. The molecule has 3 heteroatoms. The van der Waals surface area contributed by atoms with Gasteiger partial charge in [-0.25, -0.2) is 0 Å². The number of aryl methyl sites for hydroxylation is 1. The first kappa shape index (κ1) is 12.9. The summed E-state index contributed by atoms with van der Waals surface area (Å²) in [6.07, 6.45) is 2.29. The van der Waals surface area contributed by atoms with Crippen molar-refractivity contribution in [2.24, 2.45) is 0 Å². The minimum absolute atomic E-state index is 0.510. The van der Waals surface area contributed by atoms with Crippen LogP contribution in [0.4, 0.5) is 0 Å². The van der Waals surface area contributed by atoms with Gasteiger partial charge in [-0.3, -0.25) is 0 Å². The number of hydrogen-bond donors (Lipinski definition) is 1. The summed E-state index contributed by atoms with van der Waals surface area (Å²) in [6, 6.07) is 9.35. The Kier molecular flexibility index (Phi) is 5.36. The highest BCUT2D eigenvalue weighted by molar-refractivity contribution is 7.99. The van der Waals surface area contributed by atoms with Gasteiger partial charge in [0.25, 0.3) is 0 Å². The Morgan fingerprint density at radius 3 is 3.18 bits per heavy atom. The number of methoxy groups -OCH3 is 1. The largest absolute Gasteiger partial charge is 0.385 e. The van der Waals surface area contributed by atoms with Crippen LogP contribution in [0.25, 0.3) is 0 Å². The van der Waals surface area contributed by atoms with E-state index < -0.39 is 0 Å². The van der Waals surface area contributed by atoms with Crippen molar-refractivity contribution in [2.75, 3.05) is 31.8 Å². The van der Waals surface area contributed by atoms with E-state index in [0.29, 0.717) is 6.04 Å². The van der Waals surface area contributed by atoms with Crippen LogP contribution in [-0.2, 0) is 11.2 Å². The van der Waals surface area contributed by atoms with E-state index in [-0.39, 0.29) is 0 Å². The summed E-state index contributed by atoms with van der Waals surface area (Å²) in [5.41, 5.74) is 3.01. The maximum Gasteiger partial charge on any atom is 0.0474 e. The van der Waals surface area contributed by atoms with Crippen molar-refractivity contribution >= 4 is 11.8 Å². The fourth-order valence-electron chi connectivity index (χ4n) is 2.24. The number of fused-ring (bicyclic) bond motifs is 1. The highest BCUT2D eigenvalue weighted by Crippen LogP contribution is 2.27. The Morgan fingerprint density at radius 1 is 1.41 bits per heavy atom. The SMILES string of the molecule is COCCCN[C@@H]1CSCCc2ccccc21. The van der Waals surface area contributed by atoms with Crippen LogP contribution in [0.1, 0.15) is 23.6 Å². The molecule has 2 nitrogen and oxygen atoms in total. The topological polar surface area (TPSA) is 21.3 Å². The molecule has 1 aliphatic heterocycles. The highest BCUT2D eigenvalue weighted by Gasteiger charge is 2.17. The van der Waals surface area contributed by atoms with Crippen LogP contribution < -0.4 is 5.32 Å². The molecule has 1 aromatic rings. The van der Waals surface area contributed by atoms with Crippen LogP contribution in [0, 0.1) is 0 Å². The Bertz CT molecular complexity index is 343. The van der Waals surface area contributed by atoms with Crippen molar-refractivity contribution in [1.82, 2.24) is 5.32 Å². The zero-order valence-electron chi connectivity index (χ0n) is 10.4. The fourth-order valence-corrected chi connectivity index (χ4v) is 3.30. The molecule has 0 aliphatic carbocycles. The third-order valence-electron chi connectivity index (χ3n) is 3.15. The first-order chi connectivity index (χ1) is 8.42. The molecule has 1 aromatic carbocycles. The molecule has 0 saturated carbocycles. The number of hydrogen-bond acceptors (Lipinski definition) is 3. The van der Waals surface area contributed by atoms with E-state index in [1.165, 1.54) is 29.1 Å².